The first-order valence-electron chi connectivity index (χ1n) is 14.1. The van der Waals surface area contributed by atoms with Crippen LogP contribution in [-0.2, 0) is 28.7 Å². The number of allylic oxidation sites excluding steroid dienone is 2. The Morgan fingerprint density at radius 3 is 2.46 bits per heavy atom. The average molecular weight is 511 g/mol. The van der Waals surface area contributed by atoms with Crippen LogP contribution in [0.25, 0.3) is 0 Å². The third-order valence-electron chi connectivity index (χ3n) is 11.4. The number of hydrogen-bond acceptors (Lipinski definition) is 6. The van der Waals surface area contributed by atoms with Gasteiger partial charge in [-0.25, -0.2) is 4.79 Å². The van der Waals surface area contributed by atoms with E-state index in [-0.39, 0.29) is 52.7 Å². The minimum Gasteiger partial charge on any atom is -0.454 e. The van der Waals surface area contributed by atoms with Crippen LogP contribution in [0.15, 0.2) is 22.8 Å². The number of carbonyl (C=O) groups excluding carboxylic acids is 4. The van der Waals surface area contributed by atoms with Crippen molar-refractivity contribution >= 4 is 23.5 Å². The second-order valence-electron chi connectivity index (χ2n) is 13.3. The van der Waals surface area contributed by atoms with Gasteiger partial charge in [-0.1, -0.05) is 39.3 Å². The molecule has 4 saturated carbocycles. The lowest BCUT2D eigenvalue weighted by Crippen LogP contribution is -2.70. The van der Waals surface area contributed by atoms with Gasteiger partial charge in [0.15, 0.2) is 11.9 Å². The number of ether oxygens (including phenoxy) is 2. The molecule has 202 valence electrons. The highest BCUT2D eigenvalue weighted by Crippen LogP contribution is 2.74. The standard InChI is InChI=1S/C31H42O6/c1-16(2)9-8-10-19-24-20-11-12-23-29(5)14-13-21(33)17(3)25(29)26(36-18(4)32)27(34)31(23,7)30(20,6)15-22(24)37-28(19)35/h9,17,20,22-23,25-26H,8,10-15H2,1-7H3. The van der Waals surface area contributed by atoms with Gasteiger partial charge >= 0.3 is 11.9 Å². The van der Waals surface area contributed by atoms with Gasteiger partial charge < -0.3 is 9.47 Å². The van der Waals surface area contributed by atoms with Crippen LogP contribution in [0.5, 0.6) is 0 Å². The van der Waals surface area contributed by atoms with E-state index in [0.717, 1.165) is 30.4 Å². The molecule has 9 unspecified atom stereocenters. The van der Waals surface area contributed by atoms with E-state index in [2.05, 4.69) is 40.7 Å². The first kappa shape index (κ1) is 26.4. The molecule has 0 bridgehead atoms. The second kappa shape index (κ2) is 8.64. The molecule has 6 heteroatoms. The van der Waals surface area contributed by atoms with Crippen molar-refractivity contribution in [3.05, 3.63) is 22.8 Å². The normalized spacial score (nSPS) is 44.5. The molecule has 0 aromatic rings. The summed E-state index contributed by atoms with van der Waals surface area (Å²) in [7, 11) is 0. The number of rotatable bonds is 4. The molecule has 37 heavy (non-hydrogen) atoms. The average Bonchev–Trinajstić information content (AvgIpc) is 3.26. The Labute approximate surface area is 220 Å². The summed E-state index contributed by atoms with van der Waals surface area (Å²) in [5.41, 5.74) is 1.68. The molecule has 0 aromatic heterocycles. The predicted octanol–water partition coefficient (Wildman–Crippen LogP) is 5.53. The molecule has 1 aliphatic heterocycles. The molecule has 5 aliphatic rings. The van der Waals surface area contributed by atoms with Crippen molar-refractivity contribution in [1.82, 2.24) is 0 Å². The van der Waals surface area contributed by atoms with Gasteiger partial charge in [0.2, 0.25) is 0 Å². The Bertz CT molecular complexity index is 1130. The number of ketones is 2. The van der Waals surface area contributed by atoms with Crippen LogP contribution in [0.2, 0.25) is 0 Å². The van der Waals surface area contributed by atoms with Crippen molar-refractivity contribution in [3.63, 3.8) is 0 Å². The fraction of sp³-hybridized carbons (Fsp3) is 0.742. The fourth-order valence-corrected chi connectivity index (χ4v) is 9.63. The summed E-state index contributed by atoms with van der Waals surface area (Å²) in [5.74, 6) is -1.03. The molecule has 0 amide bonds. The van der Waals surface area contributed by atoms with Crippen LogP contribution < -0.4 is 0 Å². The van der Waals surface area contributed by atoms with Gasteiger partial charge in [-0.05, 0) is 80.6 Å². The number of Topliss-reactive ketones (excluding diaryl/α,β-unsaturated/α-hetero) is 2. The number of fused-ring (bicyclic) bond motifs is 7. The molecule has 0 N–H and O–H groups in total. The van der Waals surface area contributed by atoms with E-state index < -0.39 is 22.9 Å². The molecule has 9 atom stereocenters. The Hall–Kier alpha value is -2.24. The van der Waals surface area contributed by atoms with Gasteiger partial charge in [-0.3, -0.25) is 14.4 Å². The fourth-order valence-electron chi connectivity index (χ4n) is 9.63. The van der Waals surface area contributed by atoms with Crippen molar-refractivity contribution in [3.8, 4) is 0 Å². The maximum Gasteiger partial charge on any atom is 0.334 e. The maximum absolute atomic E-state index is 14.6. The largest absolute Gasteiger partial charge is 0.454 e. The minimum absolute atomic E-state index is 0.0399. The molecule has 1 heterocycles. The van der Waals surface area contributed by atoms with Crippen molar-refractivity contribution in [2.75, 3.05) is 0 Å². The highest BCUT2D eigenvalue weighted by atomic mass is 16.6. The monoisotopic (exact) mass is 510 g/mol. The number of hydrogen-bond donors (Lipinski definition) is 0. The van der Waals surface area contributed by atoms with Gasteiger partial charge in [0.05, 0.1) is 0 Å². The third kappa shape index (κ3) is 3.49. The van der Waals surface area contributed by atoms with Crippen LogP contribution >= 0.6 is 0 Å². The minimum atomic E-state index is -0.923. The van der Waals surface area contributed by atoms with E-state index in [1.165, 1.54) is 12.5 Å². The maximum atomic E-state index is 14.6. The van der Waals surface area contributed by atoms with Crippen LogP contribution in [0.3, 0.4) is 0 Å². The Morgan fingerprint density at radius 1 is 1.11 bits per heavy atom. The molecule has 5 rings (SSSR count). The van der Waals surface area contributed by atoms with E-state index in [9.17, 15) is 19.2 Å². The summed E-state index contributed by atoms with van der Waals surface area (Å²) < 4.78 is 11.8. The topological polar surface area (TPSA) is 86.7 Å². The lowest BCUT2D eigenvalue weighted by molar-refractivity contribution is -0.219. The molecule has 0 radical (unpaired) electrons. The zero-order valence-electron chi connectivity index (χ0n) is 23.4. The lowest BCUT2D eigenvalue weighted by atomic mass is 9.36. The van der Waals surface area contributed by atoms with Crippen molar-refractivity contribution in [2.45, 2.75) is 106 Å². The first-order chi connectivity index (χ1) is 17.3. The highest BCUT2D eigenvalue weighted by molar-refractivity contribution is 5.96. The zero-order valence-corrected chi connectivity index (χ0v) is 23.4. The highest BCUT2D eigenvalue weighted by Gasteiger charge is 2.75. The van der Waals surface area contributed by atoms with Crippen molar-refractivity contribution < 1.29 is 28.7 Å². The Morgan fingerprint density at radius 2 is 1.81 bits per heavy atom. The SMILES string of the molecule is CC(=O)OC1C(=O)C2(C)C(CCC3C4=C(CCC=C(C)C)C(=O)OC4CC32C)C2(C)CCC(=O)C(C)C12. The first-order valence-corrected chi connectivity index (χ1v) is 14.1. The van der Waals surface area contributed by atoms with Crippen molar-refractivity contribution in [2.24, 2.45) is 39.9 Å². The van der Waals surface area contributed by atoms with Gasteiger partial charge in [0, 0.05) is 36.2 Å². The smallest absolute Gasteiger partial charge is 0.334 e. The van der Waals surface area contributed by atoms with Gasteiger partial charge in [-0.15, -0.1) is 0 Å². The summed E-state index contributed by atoms with van der Waals surface area (Å²) in [5, 5.41) is 0. The van der Waals surface area contributed by atoms with Crippen LogP contribution in [-0.4, -0.2) is 35.7 Å². The molecule has 0 saturated heterocycles. The van der Waals surface area contributed by atoms with E-state index in [4.69, 9.17) is 9.47 Å². The van der Waals surface area contributed by atoms with E-state index in [0.29, 0.717) is 25.7 Å². The summed E-state index contributed by atoms with van der Waals surface area (Å²) >= 11 is 0. The summed E-state index contributed by atoms with van der Waals surface area (Å²) in [4.78, 5) is 52.6. The summed E-state index contributed by atoms with van der Waals surface area (Å²) in [6, 6.07) is 0. The summed E-state index contributed by atoms with van der Waals surface area (Å²) in [6.07, 6.45) is 6.00. The Kier molecular flexibility index (Phi) is 6.16. The molecule has 0 aromatic carbocycles. The van der Waals surface area contributed by atoms with E-state index >= 15 is 0 Å². The Balaban J connectivity index is 1.61. The van der Waals surface area contributed by atoms with Gasteiger partial charge in [0.25, 0.3) is 0 Å². The van der Waals surface area contributed by atoms with Crippen molar-refractivity contribution in [1.29, 1.82) is 0 Å². The number of esters is 2. The number of carbonyl (C=O) groups is 4. The van der Waals surface area contributed by atoms with E-state index in [1.54, 1.807) is 0 Å². The predicted molar refractivity (Wildman–Crippen MR) is 138 cm³/mol. The zero-order chi connectivity index (χ0) is 27.1. The third-order valence-corrected chi connectivity index (χ3v) is 11.4. The molecule has 4 fully saturated rings. The molecule has 0 spiro atoms. The van der Waals surface area contributed by atoms with Gasteiger partial charge in [-0.2, -0.15) is 0 Å². The van der Waals surface area contributed by atoms with E-state index in [1.807, 2.05) is 6.92 Å². The quantitative estimate of drug-likeness (QED) is 0.365. The molecular weight excluding hydrogens is 468 g/mol. The van der Waals surface area contributed by atoms with Crippen LogP contribution in [0, 0.1) is 39.9 Å². The molecule has 6 nitrogen and oxygen atoms in total. The molecular formula is C31H42O6. The molecule has 4 aliphatic carbocycles. The summed E-state index contributed by atoms with van der Waals surface area (Å²) in [6.45, 7) is 13.9. The van der Waals surface area contributed by atoms with Crippen LogP contribution in [0.1, 0.15) is 93.4 Å². The lowest BCUT2D eigenvalue weighted by Gasteiger charge is -2.67. The second-order valence-corrected chi connectivity index (χ2v) is 13.3. The van der Waals surface area contributed by atoms with Gasteiger partial charge in [0.1, 0.15) is 11.9 Å². The van der Waals surface area contributed by atoms with Crippen LogP contribution in [0.4, 0.5) is 0 Å².